The Morgan fingerprint density at radius 2 is 0.825 bits per heavy atom. The molecule has 2 aliphatic heterocycles. The lowest BCUT2D eigenvalue weighted by atomic mass is 9.35. The van der Waals surface area contributed by atoms with E-state index >= 15 is 0 Å². The maximum Gasteiger partial charge on any atom is 0.264 e. The number of thiophene rings is 1. The van der Waals surface area contributed by atoms with Crippen LogP contribution in [0.15, 0.2) is 212 Å². The third-order valence-corrected chi connectivity index (χ3v) is 20.6. The van der Waals surface area contributed by atoms with Gasteiger partial charge in [-0.05, 0) is 173 Å². The van der Waals surface area contributed by atoms with Gasteiger partial charge in [-0.15, -0.1) is 11.3 Å². The molecule has 3 heterocycles. The van der Waals surface area contributed by atoms with Crippen LogP contribution < -0.4 is 25.5 Å². The van der Waals surface area contributed by atoms with Gasteiger partial charge >= 0.3 is 0 Å². The van der Waals surface area contributed by atoms with Crippen LogP contribution in [0.1, 0.15) is 108 Å². The number of fused-ring (bicyclic) bond motifs is 25. The van der Waals surface area contributed by atoms with Crippen LogP contribution in [0.5, 0.6) is 0 Å². The van der Waals surface area contributed by atoms with Gasteiger partial charge in [0.25, 0.3) is 6.71 Å². The van der Waals surface area contributed by atoms with Crippen molar-refractivity contribution < 1.29 is 0 Å². The molecule has 4 aliphatic carbocycles. The molecule has 0 fully saturated rings. The van der Waals surface area contributed by atoms with Crippen LogP contribution in [0.2, 0.25) is 0 Å². The molecule has 1 aromatic heterocycles. The van der Waals surface area contributed by atoms with E-state index in [0.29, 0.717) is 0 Å². The standard InChI is InChI=1S/C76H59BN2S/c1-44-29-34-48(35-30-44)78-65-42-56-54-23-13-16-26-59(54)75(57-24-14-9-19-50(57)51-20-10-15-25-58(51)75)63(56)43-64(65)77-69-66(78)39-45(2)40-67(69)79(49-36-31-46(32-37-49)73(3,4)5)70-68-55-38-33-47(74(6,7)8)41-62(55)76(71(68)80-72(70)77)60-27-17-11-21-52(60)53-22-12-18-28-61(53)76/h9-43H,1-8H3. The van der Waals surface area contributed by atoms with E-state index in [-0.39, 0.29) is 17.5 Å². The zero-order valence-corrected chi connectivity index (χ0v) is 47.4. The number of hydrogen-bond acceptors (Lipinski definition) is 3. The fourth-order valence-corrected chi connectivity index (χ4v) is 17.5. The average molecular weight is 1040 g/mol. The summed E-state index contributed by atoms with van der Waals surface area (Å²) in [6.45, 7) is 18.5. The molecule has 0 saturated heterocycles. The van der Waals surface area contributed by atoms with Gasteiger partial charge in [-0.25, -0.2) is 0 Å². The van der Waals surface area contributed by atoms with E-state index in [0.717, 1.165) is 0 Å². The first kappa shape index (κ1) is 46.5. The van der Waals surface area contributed by atoms with E-state index in [1.165, 1.54) is 160 Å². The molecule has 10 aromatic carbocycles. The summed E-state index contributed by atoms with van der Waals surface area (Å²) >= 11 is 2.09. The molecule has 382 valence electrons. The molecule has 0 atom stereocenters. The number of hydrogen-bond donors (Lipinski definition) is 0. The van der Waals surface area contributed by atoms with Crippen LogP contribution in [0, 0.1) is 13.8 Å². The fraction of sp³-hybridized carbons (Fsp3) is 0.158. The second-order valence-electron chi connectivity index (χ2n) is 25.7. The Balaban J connectivity index is 1.04. The summed E-state index contributed by atoms with van der Waals surface area (Å²) in [5.41, 5.74) is 34.5. The van der Waals surface area contributed by atoms with E-state index in [2.05, 4.69) is 289 Å². The smallest absolute Gasteiger partial charge is 0.264 e. The third-order valence-electron chi connectivity index (χ3n) is 19.3. The minimum absolute atomic E-state index is 0.00196. The first-order valence-electron chi connectivity index (χ1n) is 28.7. The number of rotatable bonds is 2. The summed E-state index contributed by atoms with van der Waals surface area (Å²) in [7, 11) is 0. The highest BCUT2D eigenvalue weighted by Gasteiger charge is 2.58. The topological polar surface area (TPSA) is 6.48 Å². The molecule has 2 nitrogen and oxygen atoms in total. The molecule has 4 heteroatoms. The molecule has 80 heavy (non-hydrogen) atoms. The summed E-state index contributed by atoms with van der Waals surface area (Å²) < 4.78 is 1.40. The largest absolute Gasteiger partial charge is 0.311 e. The lowest BCUT2D eigenvalue weighted by molar-refractivity contribution is 0.588. The number of anilines is 6. The predicted molar refractivity (Wildman–Crippen MR) is 338 cm³/mol. The van der Waals surface area contributed by atoms with E-state index in [1.807, 2.05) is 0 Å². The highest BCUT2D eigenvalue weighted by atomic mass is 32.1. The second-order valence-corrected chi connectivity index (χ2v) is 26.7. The molecule has 0 unspecified atom stereocenters. The number of nitrogens with zero attached hydrogens (tertiary/aromatic N) is 2. The zero-order valence-electron chi connectivity index (χ0n) is 46.6. The van der Waals surface area contributed by atoms with Crippen molar-refractivity contribution in [1.29, 1.82) is 0 Å². The Labute approximate surface area is 474 Å². The van der Waals surface area contributed by atoms with Gasteiger partial charge in [-0.2, -0.15) is 0 Å². The van der Waals surface area contributed by atoms with Gasteiger partial charge in [0, 0.05) is 43.7 Å². The first-order chi connectivity index (χ1) is 38.8. The molecule has 6 aliphatic rings. The molecule has 0 saturated carbocycles. The first-order valence-corrected chi connectivity index (χ1v) is 29.5. The van der Waals surface area contributed by atoms with E-state index in [9.17, 15) is 0 Å². The minimum Gasteiger partial charge on any atom is -0.311 e. The summed E-state index contributed by atoms with van der Waals surface area (Å²) in [4.78, 5) is 6.76. The van der Waals surface area contributed by atoms with E-state index < -0.39 is 10.8 Å². The average Bonchev–Trinajstić information content (AvgIpc) is 4.32. The molecular weight excluding hydrogens is 984 g/mol. The second kappa shape index (κ2) is 15.7. The summed E-state index contributed by atoms with van der Waals surface area (Å²) in [6.07, 6.45) is 0. The van der Waals surface area contributed by atoms with Crippen LogP contribution in [0.25, 0.3) is 44.5 Å². The van der Waals surface area contributed by atoms with Crippen molar-refractivity contribution in [3.63, 3.8) is 0 Å². The molecule has 0 radical (unpaired) electrons. The van der Waals surface area contributed by atoms with Crippen molar-refractivity contribution >= 4 is 67.9 Å². The number of benzene rings is 10. The molecule has 0 amide bonds. The normalized spacial score (nSPS) is 15.4. The monoisotopic (exact) mass is 1040 g/mol. The lowest BCUT2D eigenvalue weighted by Crippen LogP contribution is -2.60. The summed E-state index contributed by atoms with van der Waals surface area (Å²) in [5, 5.41) is 0. The lowest BCUT2D eigenvalue weighted by Gasteiger charge is -2.44. The SMILES string of the molecule is Cc1ccc(N2c3cc4c(cc3B3c5sc6c(c5N(c5ccc(C(C)(C)C)cc5)c5cc(C)cc2c53)-c2ccc(C(C)(C)C)cc2C62c3ccccc3-c3ccccc32)C2(c3ccccc3-c3ccccc32)c2ccccc2-4)cc1. The predicted octanol–water partition coefficient (Wildman–Crippen LogP) is 17.7. The van der Waals surface area contributed by atoms with Gasteiger partial charge in [-0.3, -0.25) is 0 Å². The van der Waals surface area contributed by atoms with Gasteiger partial charge in [0.1, 0.15) is 0 Å². The van der Waals surface area contributed by atoms with Crippen molar-refractivity contribution in [2.24, 2.45) is 0 Å². The van der Waals surface area contributed by atoms with Crippen molar-refractivity contribution in [2.75, 3.05) is 9.80 Å². The van der Waals surface area contributed by atoms with Crippen molar-refractivity contribution in [2.45, 2.75) is 77.0 Å². The van der Waals surface area contributed by atoms with Crippen LogP contribution in [0.3, 0.4) is 0 Å². The van der Waals surface area contributed by atoms with Crippen LogP contribution in [-0.4, -0.2) is 6.71 Å². The van der Waals surface area contributed by atoms with Gasteiger partial charge < -0.3 is 9.80 Å². The Bertz CT molecular complexity index is 4450. The molecule has 2 spiro atoms. The maximum absolute atomic E-state index is 2.71. The molecule has 0 bridgehead atoms. The molecule has 17 rings (SSSR count). The fourth-order valence-electron chi connectivity index (χ4n) is 15.8. The Morgan fingerprint density at radius 3 is 1.36 bits per heavy atom. The highest BCUT2D eigenvalue weighted by molar-refractivity contribution is 7.30. The quantitative estimate of drug-likeness (QED) is 0.159. The van der Waals surface area contributed by atoms with Gasteiger partial charge in [-0.1, -0.05) is 217 Å². The molecular formula is C76H59BN2S. The Kier molecular flexibility index (Phi) is 9.11. The van der Waals surface area contributed by atoms with Gasteiger partial charge in [0.15, 0.2) is 0 Å². The minimum atomic E-state index is -0.528. The van der Waals surface area contributed by atoms with E-state index in [4.69, 9.17) is 0 Å². The molecule has 11 aromatic rings. The zero-order chi connectivity index (χ0) is 53.9. The summed E-state index contributed by atoms with van der Waals surface area (Å²) in [6, 6.07) is 83.2. The van der Waals surface area contributed by atoms with Gasteiger partial charge in [0.2, 0.25) is 0 Å². The summed E-state index contributed by atoms with van der Waals surface area (Å²) in [5.74, 6) is 0. The molecule has 0 N–H and O–H groups in total. The highest BCUT2D eigenvalue weighted by Crippen LogP contribution is 2.68. The number of aryl methyl sites for hydroxylation is 2. The van der Waals surface area contributed by atoms with Crippen LogP contribution in [0.4, 0.5) is 34.1 Å². The van der Waals surface area contributed by atoms with Gasteiger partial charge in [0.05, 0.1) is 16.5 Å². The Hall–Kier alpha value is -8.44. The van der Waals surface area contributed by atoms with Crippen molar-refractivity contribution in [1.82, 2.24) is 0 Å². The maximum atomic E-state index is 2.71. The van der Waals surface area contributed by atoms with Crippen molar-refractivity contribution in [3.05, 3.63) is 278 Å². The third kappa shape index (κ3) is 5.70. The van der Waals surface area contributed by atoms with Crippen LogP contribution >= 0.6 is 11.3 Å². The Morgan fingerprint density at radius 1 is 0.375 bits per heavy atom. The van der Waals surface area contributed by atoms with Crippen molar-refractivity contribution in [3.8, 4) is 44.5 Å². The van der Waals surface area contributed by atoms with E-state index in [1.54, 1.807) is 0 Å². The van der Waals surface area contributed by atoms with Crippen LogP contribution in [-0.2, 0) is 21.7 Å².